The van der Waals surface area contributed by atoms with Crippen LogP contribution in [0.4, 0.5) is 11.5 Å². The number of nitriles is 1. The quantitative estimate of drug-likeness (QED) is 0.928. The summed E-state index contributed by atoms with van der Waals surface area (Å²) in [6.07, 6.45) is 0. The molecule has 1 heterocycles. The highest BCUT2D eigenvalue weighted by Crippen LogP contribution is 2.15. The maximum absolute atomic E-state index is 12.1. The number of nitrogens with zero attached hydrogens (tertiary/aromatic N) is 3. The lowest BCUT2D eigenvalue weighted by molar-refractivity contribution is -0.120. The maximum atomic E-state index is 12.1. The van der Waals surface area contributed by atoms with Gasteiger partial charge in [-0.25, -0.2) is 0 Å². The van der Waals surface area contributed by atoms with Crippen molar-refractivity contribution in [2.75, 3.05) is 16.8 Å². The zero-order valence-corrected chi connectivity index (χ0v) is 12.2. The van der Waals surface area contributed by atoms with Crippen molar-refractivity contribution >= 4 is 23.3 Å². The number of rotatable bonds is 4. The minimum atomic E-state index is -0.397. The molecule has 0 saturated heterocycles. The molecule has 2 rings (SSSR count). The average Bonchev–Trinajstić information content (AvgIpc) is 2.91. The molecule has 0 aliphatic rings. The fourth-order valence-electron chi connectivity index (χ4n) is 1.84. The molecule has 0 aliphatic carbocycles. The monoisotopic (exact) mass is 298 g/mol. The lowest BCUT2D eigenvalue weighted by atomic mass is 10.2. The molecule has 22 heavy (non-hydrogen) atoms. The van der Waals surface area contributed by atoms with Gasteiger partial charge in [0.25, 0.3) is 0 Å². The van der Waals surface area contributed by atoms with Crippen LogP contribution in [0.15, 0.2) is 34.9 Å². The van der Waals surface area contributed by atoms with Crippen LogP contribution in [-0.2, 0) is 9.59 Å². The Hall–Kier alpha value is -3.14. The molecular formula is C15H14N4O3. The molecule has 0 fully saturated rings. The Bertz CT molecular complexity index is 745. The van der Waals surface area contributed by atoms with Gasteiger partial charge < -0.3 is 9.84 Å². The van der Waals surface area contributed by atoms with E-state index in [-0.39, 0.29) is 18.3 Å². The fourth-order valence-corrected chi connectivity index (χ4v) is 1.84. The Kier molecular flexibility index (Phi) is 4.53. The van der Waals surface area contributed by atoms with E-state index >= 15 is 0 Å². The molecule has 0 aliphatic heterocycles. The van der Waals surface area contributed by atoms with E-state index in [1.807, 2.05) is 6.07 Å². The van der Waals surface area contributed by atoms with Crippen LogP contribution in [0.1, 0.15) is 18.2 Å². The second-order valence-corrected chi connectivity index (χ2v) is 4.64. The highest BCUT2D eigenvalue weighted by atomic mass is 16.5. The molecule has 7 nitrogen and oxygen atoms in total. The molecule has 1 aromatic carbocycles. The molecule has 7 heteroatoms. The second-order valence-electron chi connectivity index (χ2n) is 4.64. The van der Waals surface area contributed by atoms with Gasteiger partial charge in [0.05, 0.1) is 11.6 Å². The molecule has 0 atom stereocenters. The van der Waals surface area contributed by atoms with Gasteiger partial charge in [-0.15, -0.1) is 0 Å². The van der Waals surface area contributed by atoms with Crippen LogP contribution < -0.4 is 10.2 Å². The van der Waals surface area contributed by atoms with Crippen LogP contribution >= 0.6 is 0 Å². The summed E-state index contributed by atoms with van der Waals surface area (Å²) in [5, 5.41) is 15.2. The molecule has 0 saturated carbocycles. The van der Waals surface area contributed by atoms with Crippen LogP contribution in [-0.4, -0.2) is 23.5 Å². The number of hydrogen-bond donors (Lipinski definition) is 1. The van der Waals surface area contributed by atoms with E-state index in [2.05, 4.69) is 10.5 Å². The third kappa shape index (κ3) is 3.70. The van der Waals surface area contributed by atoms with E-state index in [9.17, 15) is 9.59 Å². The zero-order valence-electron chi connectivity index (χ0n) is 12.2. The summed E-state index contributed by atoms with van der Waals surface area (Å²) in [4.78, 5) is 24.9. The number of hydrogen-bond acceptors (Lipinski definition) is 5. The van der Waals surface area contributed by atoms with Gasteiger partial charge in [0.2, 0.25) is 11.8 Å². The van der Waals surface area contributed by atoms with Crippen molar-refractivity contribution in [3.63, 3.8) is 0 Å². The number of amides is 2. The Morgan fingerprint density at radius 1 is 1.41 bits per heavy atom. The zero-order chi connectivity index (χ0) is 16.1. The standard InChI is InChI=1S/C15H14N4O3/c1-10-6-14(18-22-10)19(11(2)20)9-15(21)17-13-5-3-4-12(7-13)8-16/h3-7H,9H2,1-2H3,(H,17,21). The van der Waals surface area contributed by atoms with Gasteiger partial charge in [-0.1, -0.05) is 11.2 Å². The van der Waals surface area contributed by atoms with E-state index in [0.717, 1.165) is 0 Å². The van der Waals surface area contributed by atoms with Gasteiger partial charge >= 0.3 is 0 Å². The van der Waals surface area contributed by atoms with Crippen molar-refractivity contribution in [2.45, 2.75) is 13.8 Å². The van der Waals surface area contributed by atoms with E-state index in [1.165, 1.54) is 11.8 Å². The number of nitrogens with one attached hydrogen (secondary N) is 1. The smallest absolute Gasteiger partial charge is 0.244 e. The molecule has 0 spiro atoms. The number of anilines is 2. The van der Waals surface area contributed by atoms with Crippen molar-refractivity contribution in [3.8, 4) is 6.07 Å². The Balaban J connectivity index is 2.08. The van der Waals surface area contributed by atoms with Gasteiger partial charge in [-0.05, 0) is 25.1 Å². The summed E-state index contributed by atoms with van der Waals surface area (Å²) in [6, 6.07) is 10.1. The van der Waals surface area contributed by atoms with Gasteiger partial charge in [-0.2, -0.15) is 5.26 Å². The highest BCUT2D eigenvalue weighted by molar-refractivity contribution is 6.01. The van der Waals surface area contributed by atoms with Gasteiger partial charge in [0, 0.05) is 18.7 Å². The molecule has 0 radical (unpaired) electrons. The van der Waals surface area contributed by atoms with Crippen molar-refractivity contribution in [3.05, 3.63) is 41.7 Å². The predicted octanol–water partition coefficient (Wildman–Crippen LogP) is 1.85. The van der Waals surface area contributed by atoms with Crippen LogP contribution in [0.3, 0.4) is 0 Å². The molecule has 2 aromatic rings. The van der Waals surface area contributed by atoms with Gasteiger partial charge in [-0.3, -0.25) is 14.5 Å². The summed E-state index contributed by atoms with van der Waals surface area (Å²) in [6.45, 7) is 2.84. The van der Waals surface area contributed by atoms with Crippen LogP contribution in [0, 0.1) is 18.3 Å². The lowest BCUT2D eigenvalue weighted by Crippen LogP contribution is -2.36. The van der Waals surface area contributed by atoms with E-state index < -0.39 is 5.91 Å². The number of aromatic nitrogens is 1. The number of carbonyl (C=O) groups excluding carboxylic acids is 2. The van der Waals surface area contributed by atoms with E-state index in [1.54, 1.807) is 37.3 Å². The lowest BCUT2D eigenvalue weighted by Gasteiger charge is -2.17. The molecule has 1 aromatic heterocycles. The minimum absolute atomic E-state index is 0.196. The molecule has 0 bridgehead atoms. The minimum Gasteiger partial charge on any atom is -0.360 e. The largest absolute Gasteiger partial charge is 0.360 e. The molecule has 0 unspecified atom stereocenters. The van der Waals surface area contributed by atoms with Crippen LogP contribution in [0.2, 0.25) is 0 Å². The molecule has 112 valence electrons. The van der Waals surface area contributed by atoms with E-state index in [0.29, 0.717) is 17.0 Å². The second kappa shape index (κ2) is 6.54. The summed E-state index contributed by atoms with van der Waals surface area (Å²) >= 11 is 0. The number of aryl methyl sites for hydroxylation is 1. The SMILES string of the molecule is CC(=O)N(CC(=O)Nc1cccc(C#N)c1)c1cc(C)on1. The van der Waals surface area contributed by atoms with Crippen molar-refractivity contribution in [1.29, 1.82) is 5.26 Å². The van der Waals surface area contributed by atoms with Crippen LogP contribution in [0.25, 0.3) is 0 Å². The third-order valence-electron chi connectivity index (χ3n) is 2.85. The summed E-state index contributed by atoms with van der Waals surface area (Å²) < 4.78 is 4.91. The summed E-state index contributed by atoms with van der Waals surface area (Å²) in [7, 11) is 0. The van der Waals surface area contributed by atoms with Crippen LogP contribution in [0.5, 0.6) is 0 Å². The Morgan fingerprint density at radius 3 is 2.77 bits per heavy atom. The van der Waals surface area contributed by atoms with Crippen molar-refractivity contribution in [2.24, 2.45) is 0 Å². The Labute approximate surface area is 127 Å². The number of benzene rings is 1. The normalized spacial score (nSPS) is 9.86. The summed E-state index contributed by atoms with van der Waals surface area (Å²) in [5.41, 5.74) is 0.928. The first-order valence-corrected chi connectivity index (χ1v) is 6.51. The third-order valence-corrected chi connectivity index (χ3v) is 2.85. The maximum Gasteiger partial charge on any atom is 0.244 e. The van der Waals surface area contributed by atoms with Crippen molar-refractivity contribution in [1.82, 2.24) is 5.16 Å². The van der Waals surface area contributed by atoms with Gasteiger partial charge in [0.15, 0.2) is 5.82 Å². The van der Waals surface area contributed by atoms with E-state index in [4.69, 9.17) is 9.78 Å². The highest BCUT2D eigenvalue weighted by Gasteiger charge is 2.19. The molecular weight excluding hydrogens is 284 g/mol. The summed E-state index contributed by atoms with van der Waals surface area (Å²) in [5.74, 6) is 0.106. The number of carbonyl (C=O) groups is 2. The first kappa shape index (κ1) is 15.3. The average molecular weight is 298 g/mol. The predicted molar refractivity (Wildman–Crippen MR) is 79.1 cm³/mol. The first-order valence-electron chi connectivity index (χ1n) is 6.51. The Morgan fingerprint density at radius 2 is 2.18 bits per heavy atom. The first-order chi connectivity index (χ1) is 10.5. The van der Waals surface area contributed by atoms with Crippen molar-refractivity contribution < 1.29 is 14.1 Å². The topological polar surface area (TPSA) is 99.2 Å². The molecule has 2 amide bonds. The fraction of sp³-hybridized carbons (Fsp3) is 0.200. The molecule has 1 N–H and O–H groups in total. The van der Waals surface area contributed by atoms with Gasteiger partial charge in [0.1, 0.15) is 12.3 Å².